The van der Waals surface area contributed by atoms with Gasteiger partial charge in [-0.1, -0.05) is 12.1 Å². The van der Waals surface area contributed by atoms with Crippen molar-refractivity contribution < 1.29 is 17.9 Å². The number of halogens is 3. The summed E-state index contributed by atoms with van der Waals surface area (Å²) < 4.78 is 39.9. The Morgan fingerprint density at radius 1 is 1.29 bits per heavy atom. The van der Waals surface area contributed by atoms with Crippen molar-refractivity contribution in [3.05, 3.63) is 30.5 Å². The molecule has 0 fully saturated rings. The fraction of sp³-hybridized carbons (Fsp3) is 0.100. The van der Waals surface area contributed by atoms with Gasteiger partial charge in [0, 0.05) is 5.56 Å². The van der Waals surface area contributed by atoms with Crippen LogP contribution in [-0.4, -0.2) is 16.6 Å². The average Bonchev–Trinajstić information content (AvgIpc) is 2.62. The highest BCUT2D eigenvalue weighted by atomic mass is 19.4. The molecule has 0 unspecified atom stereocenters. The molecular weight excluding hydrogens is 235 g/mol. The number of nitrogen functional groups attached to an aromatic ring is 1. The van der Waals surface area contributed by atoms with Crippen molar-refractivity contribution in [1.82, 2.24) is 10.2 Å². The average molecular weight is 243 g/mol. The number of aromatic amines is 1. The van der Waals surface area contributed by atoms with Crippen LogP contribution in [0.25, 0.3) is 11.3 Å². The molecule has 0 saturated heterocycles. The number of nitrogens with zero attached hydrogens (tertiary/aromatic N) is 1. The van der Waals surface area contributed by atoms with Gasteiger partial charge >= 0.3 is 6.36 Å². The summed E-state index contributed by atoms with van der Waals surface area (Å²) >= 11 is 0. The van der Waals surface area contributed by atoms with Gasteiger partial charge in [-0.3, -0.25) is 5.10 Å². The maximum atomic E-state index is 12.0. The smallest absolute Gasteiger partial charge is 0.406 e. The molecule has 90 valence electrons. The van der Waals surface area contributed by atoms with Crippen molar-refractivity contribution in [2.24, 2.45) is 0 Å². The van der Waals surface area contributed by atoms with Gasteiger partial charge in [0.2, 0.25) is 0 Å². The molecule has 0 aliphatic heterocycles. The molecule has 7 heteroatoms. The summed E-state index contributed by atoms with van der Waals surface area (Å²) in [5.41, 5.74) is 6.88. The summed E-state index contributed by atoms with van der Waals surface area (Å²) in [6, 6.07) is 5.49. The highest BCUT2D eigenvalue weighted by Gasteiger charge is 2.31. The van der Waals surface area contributed by atoms with Crippen molar-refractivity contribution in [3.63, 3.8) is 0 Å². The van der Waals surface area contributed by atoms with E-state index in [4.69, 9.17) is 5.73 Å². The van der Waals surface area contributed by atoms with E-state index in [1.165, 1.54) is 24.4 Å². The summed E-state index contributed by atoms with van der Waals surface area (Å²) in [6.45, 7) is 0. The molecule has 2 aromatic rings. The first kappa shape index (κ1) is 11.3. The van der Waals surface area contributed by atoms with Crippen LogP contribution < -0.4 is 10.5 Å². The van der Waals surface area contributed by atoms with E-state index in [2.05, 4.69) is 14.9 Å². The van der Waals surface area contributed by atoms with Gasteiger partial charge in [-0.2, -0.15) is 5.10 Å². The first-order valence-corrected chi connectivity index (χ1v) is 4.61. The predicted molar refractivity (Wildman–Crippen MR) is 55.1 cm³/mol. The van der Waals surface area contributed by atoms with E-state index in [0.29, 0.717) is 16.9 Å². The second kappa shape index (κ2) is 4.00. The van der Waals surface area contributed by atoms with Crippen molar-refractivity contribution in [1.29, 1.82) is 0 Å². The first-order valence-electron chi connectivity index (χ1n) is 4.61. The van der Waals surface area contributed by atoms with Gasteiger partial charge in [0.05, 0.1) is 17.6 Å². The van der Waals surface area contributed by atoms with Crippen LogP contribution in [0.5, 0.6) is 5.75 Å². The zero-order chi connectivity index (χ0) is 12.5. The van der Waals surface area contributed by atoms with E-state index < -0.39 is 6.36 Å². The number of alkyl halides is 3. The van der Waals surface area contributed by atoms with Gasteiger partial charge < -0.3 is 10.5 Å². The van der Waals surface area contributed by atoms with E-state index in [1.54, 1.807) is 6.07 Å². The van der Waals surface area contributed by atoms with E-state index in [9.17, 15) is 13.2 Å². The molecule has 1 aromatic carbocycles. The summed E-state index contributed by atoms with van der Waals surface area (Å²) in [5.74, 6) is -0.302. The minimum Gasteiger partial charge on any atom is -0.406 e. The molecule has 3 N–H and O–H groups in total. The number of anilines is 1. The van der Waals surface area contributed by atoms with Crippen LogP contribution in [0.2, 0.25) is 0 Å². The van der Waals surface area contributed by atoms with Crippen LogP contribution in [0.1, 0.15) is 0 Å². The summed E-state index contributed by atoms with van der Waals surface area (Å²) in [6.07, 6.45) is -3.33. The molecule has 2 rings (SSSR count). The van der Waals surface area contributed by atoms with Crippen LogP contribution in [0, 0.1) is 0 Å². The third-order valence-electron chi connectivity index (χ3n) is 2.02. The summed E-state index contributed by atoms with van der Waals surface area (Å²) in [7, 11) is 0. The Labute approximate surface area is 94.2 Å². The molecule has 0 aliphatic rings. The molecule has 0 spiro atoms. The predicted octanol–water partition coefficient (Wildman–Crippen LogP) is 2.56. The molecule has 0 saturated carbocycles. The molecule has 1 aromatic heterocycles. The number of hydrogen-bond donors (Lipinski definition) is 2. The molecule has 17 heavy (non-hydrogen) atoms. The maximum Gasteiger partial charge on any atom is 0.573 e. The molecule has 0 bridgehead atoms. The highest BCUT2D eigenvalue weighted by Crippen LogP contribution is 2.29. The Balaban J connectivity index is 2.32. The summed E-state index contributed by atoms with van der Waals surface area (Å²) in [4.78, 5) is 0. The normalized spacial score (nSPS) is 11.5. The topological polar surface area (TPSA) is 63.9 Å². The zero-order valence-corrected chi connectivity index (χ0v) is 8.45. The van der Waals surface area contributed by atoms with Gasteiger partial charge in [-0.05, 0) is 12.1 Å². The van der Waals surface area contributed by atoms with E-state index in [-0.39, 0.29) is 5.75 Å². The lowest BCUT2D eigenvalue weighted by Crippen LogP contribution is -2.17. The number of ether oxygens (including phenoxy) is 1. The van der Waals surface area contributed by atoms with Gasteiger partial charge in [0.15, 0.2) is 0 Å². The van der Waals surface area contributed by atoms with Gasteiger partial charge in [-0.25, -0.2) is 0 Å². The van der Waals surface area contributed by atoms with Crippen LogP contribution >= 0.6 is 0 Å². The Morgan fingerprint density at radius 2 is 2.06 bits per heavy atom. The molecule has 0 atom stereocenters. The Hall–Kier alpha value is -2.18. The Bertz CT molecular complexity index is 522. The molecule has 0 radical (unpaired) electrons. The lowest BCUT2D eigenvalue weighted by molar-refractivity contribution is -0.274. The SMILES string of the molecule is Nc1cn[nH]c1-c1cccc(OC(F)(F)F)c1. The quantitative estimate of drug-likeness (QED) is 0.851. The fourth-order valence-electron chi connectivity index (χ4n) is 1.38. The standard InChI is InChI=1S/C10H8F3N3O/c11-10(12,13)17-7-3-1-2-6(4-7)9-8(14)5-15-16-9/h1-5H,14H2,(H,15,16). The minimum absolute atomic E-state index is 0.302. The number of hydrogen-bond acceptors (Lipinski definition) is 3. The minimum atomic E-state index is -4.71. The van der Waals surface area contributed by atoms with E-state index in [0.717, 1.165) is 0 Å². The van der Waals surface area contributed by atoms with Crippen molar-refractivity contribution >= 4 is 5.69 Å². The Kier molecular flexibility index (Phi) is 2.66. The second-order valence-electron chi connectivity index (χ2n) is 3.28. The number of nitrogens with two attached hydrogens (primary N) is 1. The first-order chi connectivity index (χ1) is 7.96. The molecule has 4 nitrogen and oxygen atoms in total. The van der Waals surface area contributed by atoms with E-state index >= 15 is 0 Å². The van der Waals surface area contributed by atoms with Gasteiger partial charge in [0.1, 0.15) is 5.75 Å². The van der Waals surface area contributed by atoms with Crippen LogP contribution in [-0.2, 0) is 0 Å². The summed E-state index contributed by atoms with van der Waals surface area (Å²) in [5, 5.41) is 6.29. The van der Waals surface area contributed by atoms with Gasteiger partial charge in [-0.15, -0.1) is 13.2 Å². The van der Waals surface area contributed by atoms with E-state index in [1.807, 2.05) is 0 Å². The molecular formula is C10H8F3N3O. The lowest BCUT2D eigenvalue weighted by atomic mass is 10.1. The van der Waals surface area contributed by atoms with Crippen LogP contribution in [0.3, 0.4) is 0 Å². The lowest BCUT2D eigenvalue weighted by Gasteiger charge is -2.09. The Morgan fingerprint density at radius 3 is 2.65 bits per heavy atom. The highest BCUT2D eigenvalue weighted by molar-refractivity contribution is 5.72. The maximum absolute atomic E-state index is 12.0. The van der Waals surface area contributed by atoms with Crippen LogP contribution in [0.4, 0.5) is 18.9 Å². The second-order valence-corrected chi connectivity index (χ2v) is 3.28. The molecule has 0 amide bonds. The van der Waals surface area contributed by atoms with Crippen molar-refractivity contribution in [2.75, 3.05) is 5.73 Å². The van der Waals surface area contributed by atoms with Gasteiger partial charge in [0.25, 0.3) is 0 Å². The monoisotopic (exact) mass is 243 g/mol. The third-order valence-corrected chi connectivity index (χ3v) is 2.02. The zero-order valence-electron chi connectivity index (χ0n) is 8.45. The molecule has 1 heterocycles. The number of benzene rings is 1. The number of rotatable bonds is 2. The number of aromatic nitrogens is 2. The van der Waals surface area contributed by atoms with Crippen LogP contribution in [0.15, 0.2) is 30.5 Å². The third kappa shape index (κ3) is 2.68. The largest absolute Gasteiger partial charge is 0.573 e. The fourth-order valence-corrected chi connectivity index (χ4v) is 1.38. The number of H-pyrrole nitrogens is 1. The number of nitrogens with one attached hydrogen (secondary N) is 1. The molecule has 0 aliphatic carbocycles. The van der Waals surface area contributed by atoms with Crippen molar-refractivity contribution in [3.8, 4) is 17.0 Å². The van der Waals surface area contributed by atoms with Crippen molar-refractivity contribution in [2.45, 2.75) is 6.36 Å².